The molecule has 2 rings (SSSR count). The maximum atomic E-state index is 11.4. The summed E-state index contributed by atoms with van der Waals surface area (Å²) in [7, 11) is 1.85. The highest BCUT2D eigenvalue weighted by Crippen LogP contribution is 2.14. The molecule has 1 aromatic heterocycles. The van der Waals surface area contributed by atoms with Gasteiger partial charge in [0.2, 0.25) is 5.91 Å². The Hall–Kier alpha value is -0.780. The molecule has 1 aliphatic heterocycles. The molecule has 1 aliphatic rings. The second-order valence-corrected chi connectivity index (χ2v) is 4.75. The first kappa shape index (κ1) is 19.2. The van der Waals surface area contributed by atoms with Crippen molar-refractivity contribution in [1.82, 2.24) is 20.2 Å². The molecule has 0 unspecified atom stereocenters. The normalized spacial score (nSPS) is 12.8. The minimum Gasteiger partial charge on any atom is -0.356 e. The van der Waals surface area contributed by atoms with Crippen LogP contribution in [0.15, 0.2) is 6.20 Å². The Morgan fingerprint density at radius 1 is 1.35 bits per heavy atom. The van der Waals surface area contributed by atoms with Gasteiger partial charge >= 0.3 is 0 Å². The molecule has 7 heteroatoms. The van der Waals surface area contributed by atoms with E-state index in [9.17, 15) is 4.79 Å². The quantitative estimate of drug-likeness (QED) is 0.830. The zero-order valence-corrected chi connectivity index (χ0v) is 13.5. The Balaban J connectivity index is 0.00000180. The van der Waals surface area contributed by atoms with Gasteiger partial charge in [0.05, 0.1) is 5.69 Å². The van der Waals surface area contributed by atoms with E-state index in [-0.39, 0.29) is 30.7 Å². The van der Waals surface area contributed by atoms with Crippen molar-refractivity contribution in [3.8, 4) is 0 Å². The van der Waals surface area contributed by atoms with Crippen LogP contribution in [0.3, 0.4) is 0 Å². The molecule has 0 atom stereocenters. The van der Waals surface area contributed by atoms with Gasteiger partial charge in [0.25, 0.3) is 0 Å². The third-order valence-electron chi connectivity index (χ3n) is 3.26. The smallest absolute Gasteiger partial charge is 0.221 e. The van der Waals surface area contributed by atoms with Crippen LogP contribution in [0, 0.1) is 0 Å². The first-order valence-corrected chi connectivity index (χ1v) is 6.76. The Bertz CT molecular complexity index is 386. The van der Waals surface area contributed by atoms with Crippen LogP contribution < -0.4 is 10.6 Å². The fourth-order valence-corrected chi connectivity index (χ4v) is 2.25. The number of halogens is 2. The number of fused-ring (bicyclic) bond motifs is 1. The maximum absolute atomic E-state index is 11.4. The number of aryl methyl sites for hydroxylation is 2. The fourth-order valence-electron chi connectivity index (χ4n) is 2.25. The number of nitrogens with zero attached hydrogens (tertiary/aromatic N) is 2. The van der Waals surface area contributed by atoms with Gasteiger partial charge in [0.15, 0.2) is 0 Å². The third kappa shape index (κ3) is 5.69. The molecule has 0 radical (unpaired) electrons. The van der Waals surface area contributed by atoms with E-state index in [1.54, 1.807) is 0 Å². The summed E-state index contributed by atoms with van der Waals surface area (Å²) in [5.74, 6) is 1.31. The Labute approximate surface area is 132 Å². The molecule has 0 aliphatic carbocycles. The number of amides is 1. The standard InChI is InChI=1S/C13H22N4O.2ClH/c1-14-7-6-13(18)15-8-5-11-10-17-9-3-2-4-12(17)16-11;;/h10,14H,2-9H2,1H3,(H,15,18);2*1H. The van der Waals surface area contributed by atoms with E-state index in [1.165, 1.54) is 18.7 Å². The van der Waals surface area contributed by atoms with Gasteiger partial charge in [0, 0.05) is 45.1 Å². The second kappa shape index (κ2) is 10.0. The summed E-state index contributed by atoms with van der Waals surface area (Å²) in [5.41, 5.74) is 1.10. The average Bonchev–Trinajstić information content (AvgIpc) is 2.79. The summed E-state index contributed by atoms with van der Waals surface area (Å²) < 4.78 is 2.25. The lowest BCUT2D eigenvalue weighted by atomic mass is 10.2. The number of rotatable bonds is 6. The number of carbonyl (C=O) groups is 1. The Morgan fingerprint density at radius 3 is 2.85 bits per heavy atom. The molecule has 0 bridgehead atoms. The number of imidazole rings is 1. The highest BCUT2D eigenvalue weighted by Gasteiger charge is 2.11. The van der Waals surface area contributed by atoms with Gasteiger partial charge in [-0.05, 0) is 19.9 Å². The Morgan fingerprint density at radius 2 is 2.15 bits per heavy atom. The van der Waals surface area contributed by atoms with Crippen molar-refractivity contribution < 1.29 is 4.79 Å². The topological polar surface area (TPSA) is 59.0 Å². The van der Waals surface area contributed by atoms with Crippen LogP contribution in [0.1, 0.15) is 30.8 Å². The minimum atomic E-state index is 0. The molecule has 0 saturated heterocycles. The first-order chi connectivity index (χ1) is 8.79. The molecule has 5 nitrogen and oxygen atoms in total. The molecule has 0 saturated carbocycles. The number of aromatic nitrogens is 2. The van der Waals surface area contributed by atoms with Crippen LogP contribution in [-0.2, 0) is 24.2 Å². The van der Waals surface area contributed by atoms with Crippen LogP contribution in [-0.4, -0.2) is 35.6 Å². The number of hydrogen-bond donors (Lipinski definition) is 2. The molecule has 0 spiro atoms. The molecule has 116 valence electrons. The van der Waals surface area contributed by atoms with Gasteiger partial charge in [-0.3, -0.25) is 4.79 Å². The van der Waals surface area contributed by atoms with E-state index < -0.39 is 0 Å². The SMILES string of the molecule is CNCCC(=O)NCCc1cn2c(n1)CCCC2.Cl.Cl. The van der Waals surface area contributed by atoms with Gasteiger partial charge < -0.3 is 15.2 Å². The number of carbonyl (C=O) groups excluding carboxylic acids is 1. The zero-order chi connectivity index (χ0) is 12.8. The van der Waals surface area contributed by atoms with Crippen molar-refractivity contribution in [3.05, 3.63) is 17.7 Å². The summed E-state index contributed by atoms with van der Waals surface area (Å²) in [6.07, 6.45) is 7.09. The van der Waals surface area contributed by atoms with Crippen molar-refractivity contribution in [1.29, 1.82) is 0 Å². The van der Waals surface area contributed by atoms with E-state index in [4.69, 9.17) is 0 Å². The minimum absolute atomic E-state index is 0. The first-order valence-electron chi connectivity index (χ1n) is 6.76. The van der Waals surface area contributed by atoms with Crippen LogP contribution in [0.25, 0.3) is 0 Å². The van der Waals surface area contributed by atoms with Gasteiger partial charge in [-0.25, -0.2) is 4.98 Å². The summed E-state index contributed by atoms with van der Waals surface area (Å²) in [5, 5.41) is 5.88. The van der Waals surface area contributed by atoms with E-state index >= 15 is 0 Å². The van der Waals surface area contributed by atoms with E-state index in [1.807, 2.05) is 7.05 Å². The molecular formula is C13H24Cl2N4O. The molecule has 1 aromatic rings. The predicted molar refractivity (Wildman–Crippen MR) is 84.9 cm³/mol. The lowest BCUT2D eigenvalue weighted by Gasteiger charge is -2.11. The molecular weight excluding hydrogens is 299 g/mol. The zero-order valence-electron chi connectivity index (χ0n) is 11.9. The largest absolute Gasteiger partial charge is 0.356 e. The molecule has 0 fully saturated rings. The summed E-state index contributed by atoms with van der Waals surface area (Å²) in [6.45, 7) is 2.50. The van der Waals surface area contributed by atoms with Gasteiger partial charge in [0.1, 0.15) is 5.82 Å². The summed E-state index contributed by atoms with van der Waals surface area (Å²) >= 11 is 0. The highest BCUT2D eigenvalue weighted by atomic mass is 35.5. The van der Waals surface area contributed by atoms with Gasteiger partial charge in [-0.15, -0.1) is 24.8 Å². The second-order valence-electron chi connectivity index (χ2n) is 4.75. The van der Waals surface area contributed by atoms with Crippen molar-refractivity contribution in [2.24, 2.45) is 0 Å². The number of hydrogen-bond acceptors (Lipinski definition) is 3. The Kier molecular flexibility index (Phi) is 9.63. The van der Waals surface area contributed by atoms with Gasteiger partial charge in [-0.1, -0.05) is 0 Å². The fraction of sp³-hybridized carbons (Fsp3) is 0.692. The van der Waals surface area contributed by atoms with Crippen LogP contribution in [0.5, 0.6) is 0 Å². The average molecular weight is 323 g/mol. The van der Waals surface area contributed by atoms with Crippen LogP contribution in [0.4, 0.5) is 0 Å². The summed E-state index contributed by atoms with van der Waals surface area (Å²) in [6, 6.07) is 0. The number of nitrogens with one attached hydrogen (secondary N) is 2. The van der Waals surface area contributed by atoms with E-state index in [2.05, 4.69) is 26.4 Å². The van der Waals surface area contributed by atoms with E-state index in [0.29, 0.717) is 13.0 Å². The molecule has 2 heterocycles. The van der Waals surface area contributed by atoms with E-state index in [0.717, 1.165) is 31.6 Å². The van der Waals surface area contributed by atoms with Crippen LogP contribution >= 0.6 is 24.8 Å². The summed E-state index contributed by atoms with van der Waals surface area (Å²) in [4.78, 5) is 16.0. The maximum Gasteiger partial charge on any atom is 0.221 e. The van der Waals surface area contributed by atoms with Gasteiger partial charge in [-0.2, -0.15) is 0 Å². The molecule has 0 aromatic carbocycles. The van der Waals surface area contributed by atoms with Crippen molar-refractivity contribution >= 4 is 30.7 Å². The van der Waals surface area contributed by atoms with Crippen molar-refractivity contribution in [2.75, 3.05) is 20.1 Å². The predicted octanol–water partition coefficient (Wildman–Crippen LogP) is 1.33. The lowest BCUT2D eigenvalue weighted by Crippen LogP contribution is -2.28. The monoisotopic (exact) mass is 322 g/mol. The van der Waals surface area contributed by atoms with Crippen molar-refractivity contribution in [3.63, 3.8) is 0 Å². The molecule has 20 heavy (non-hydrogen) atoms. The lowest BCUT2D eigenvalue weighted by molar-refractivity contribution is -0.120. The third-order valence-corrected chi connectivity index (χ3v) is 3.26. The molecule has 1 amide bonds. The molecule has 2 N–H and O–H groups in total. The van der Waals surface area contributed by atoms with Crippen LogP contribution in [0.2, 0.25) is 0 Å². The van der Waals surface area contributed by atoms with Crippen molar-refractivity contribution in [2.45, 2.75) is 38.6 Å². The highest BCUT2D eigenvalue weighted by molar-refractivity contribution is 5.85.